The van der Waals surface area contributed by atoms with E-state index in [-0.39, 0.29) is 18.2 Å². The number of imide groups is 1. The number of hydrogen-bond acceptors (Lipinski definition) is 3. The van der Waals surface area contributed by atoms with Crippen LogP contribution < -0.4 is 10.1 Å². The molecule has 1 aliphatic heterocycles. The van der Waals surface area contributed by atoms with Crippen molar-refractivity contribution in [3.63, 3.8) is 0 Å². The molecule has 0 aliphatic carbocycles. The summed E-state index contributed by atoms with van der Waals surface area (Å²) in [6, 6.07) is 4.07. The van der Waals surface area contributed by atoms with Gasteiger partial charge in [0.25, 0.3) is 0 Å². The maximum Gasteiger partial charge on any atom is 0.324 e. The van der Waals surface area contributed by atoms with E-state index < -0.39 is 11.8 Å². The lowest BCUT2D eigenvalue weighted by molar-refractivity contribution is -0.127. The van der Waals surface area contributed by atoms with Crippen LogP contribution in [0.1, 0.15) is 31.2 Å². The zero-order valence-electron chi connectivity index (χ0n) is 12.0. The second-order valence-electron chi connectivity index (χ2n) is 4.98. The van der Waals surface area contributed by atoms with Crippen molar-refractivity contribution in [1.82, 2.24) is 10.2 Å². The number of nitrogens with zero attached hydrogens (tertiary/aromatic N) is 1. The van der Waals surface area contributed by atoms with Crippen molar-refractivity contribution >= 4 is 11.9 Å². The van der Waals surface area contributed by atoms with Crippen LogP contribution in [0.3, 0.4) is 0 Å². The molecule has 21 heavy (non-hydrogen) atoms. The Morgan fingerprint density at radius 1 is 1.38 bits per heavy atom. The minimum Gasteiger partial charge on any atom is -0.494 e. The van der Waals surface area contributed by atoms with Gasteiger partial charge in [0.1, 0.15) is 0 Å². The van der Waals surface area contributed by atoms with Crippen LogP contribution in [0.2, 0.25) is 0 Å². The van der Waals surface area contributed by atoms with Crippen molar-refractivity contribution in [3.05, 3.63) is 29.6 Å². The quantitative estimate of drug-likeness (QED) is 0.931. The molecule has 1 fully saturated rings. The van der Waals surface area contributed by atoms with Gasteiger partial charge in [-0.15, -0.1) is 0 Å². The van der Waals surface area contributed by atoms with Gasteiger partial charge in [-0.2, -0.15) is 0 Å². The lowest BCUT2D eigenvalue weighted by Gasteiger charge is -2.19. The number of likely N-dealkylation sites (tertiary alicyclic amines) is 1. The molecule has 0 atom stereocenters. The summed E-state index contributed by atoms with van der Waals surface area (Å²) in [6.45, 7) is 0.616. The highest BCUT2D eigenvalue weighted by Crippen LogP contribution is 2.17. The number of hydrogen-bond donors (Lipinski definition) is 1. The Hall–Kier alpha value is -2.11. The summed E-state index contributed by atoms with van der Waals surface area (Å²) in [4.78, 5) is 25.1. The maximum absolute atomic E-state index is 13.5. The van der Waals surface area contributed by atoms with E-state index in [0.29, 0.717) is 18.5 Å². The molecule has 1 aromatic carbocycles. The molecule has 6 heteroatoms. The normalized spacial score (nSPS) is 15.5. The van der Waals surface area contributed by atoms with E-state index in [4.69, 9.17) is 4.74 Å². The van der Waals surface area contributed by atoms with E-state index in [2.05, 4.69) is 5.32 Å². The SMILES string of the molecule is COc1ccc(CNC(=O)N2CCCCCC2=O)cc1F. The molecule has 5 nitrogen and oxygen atoms in total. The van der Waals surface area contributed by atoms with E-state index in [9.17, 15) is 14.0 Å². The molecule has 0 bridgehead atoms. The third-order valence-electron chi connectivity index (χ3n) is 3.48. The maximum atomic E-state index is 13.5. The first-order chi connectivity index (χ1) is 10.1. The number of rotatable bonds is 3. The van der Waals surface area contributed by atoms with Gasteiger partial charge in [-0.25, -0.2) is 9.18 Å². The molecule has 1 saturated heterocycles. The van der Waals surface area contributed by atoms with Gasteiger partial charge in [0, 0.05) is 19.5 Å². The third-order valence-corrected chi connectivity index (χ3v) is 3.48. The Balaban J connectivity index is 1.94. The molecule has 1 heterocycles. The summed E-state index contributed by atoms with van der Waals surface area (Å²) in [7, 11) is 1.39. The Labute approximate surface area is 123 Å². The Kier molecular flexibility index (Phi) is 5.14. The topological polar surface area (TPSA) is 58.6 Å². The van der Waals surface area contributed by atoms with E-state index in [0.717, 1.165) is 19.3 Å². The van der Waals surface area contributed by atoms with Gasteiger partial charge in [-0.3, -0.25) is 9.69 Å². The largest absolute Gasteiger partial charge is 0.494 e. The molecule has 1 aromatic rings. The van der Waals surface area contributed by atoms with E-state index >= 15 is 0 Å². The van der Waals surface area contributed by atoms with Crippen molar-refractivity contribution in [2.24, 2.45) is 0 Å². The Morgan fingerprint density at radius 3 is 2.90 bits per heavy atom. The molecule has 0 spiro atoms. The van der Waals surface area contributed by atoms with Crippen molar-refractivity contribution < 1.29 is 18.7 Å². The van der Waals surface area contributed by atoms with Crippen LogP contribution >= 0.6 is 0 Å². The van der Waals surface area contributed by atoms with Crippen LogP contribution in [0.25, 0.3) is 0 Å². The molecule has 0 unspecified atom stereocenters. The number of halogens is 1. The number of nitrogens with one attached hydrogen (secondary N) is 1. The number of amides is 3. The molecule has 3 amide bonds. The van der Waals surface area contributed by atoms with Crippen LogP contribution in [-0.2, 0) is 11.3 Å². The molecule has 1 N–H and O–H groups in total. The second kappa shape index (κ2) is 7.06. The molecular weight excluding hydrogens is 275 g/mol. The minimum absolute atomic E-state index is 0.147. The number of methoxy groups -OCH3 is 1. The summed E-state index contributed by atoms with van der Waals surface area (Å²) in [6.07, 6.45) is 3.02. The number of benzene rings is 1. The lowest BCUT2D eigenvalue weighted by atomic mass is 10.2. The van der Waals surface area contributed by atoms with Crippen molar-refractivity contribution in [2.45, 2.75) is 32.2 Å². The number of carbonyl (C=O) groups is 2. The summed E-state index contributed by atoms with van der Waals surface area (Å²) in [5, 5.41) is 2.65. The predicted molar refractivity (Wildman–Crippen MR) is 75.4 cm³/mol. The van der Waals surface area contributed by atoms with Crippen LogP contribution in [0, 0.1) is 5.82 Å². The highest BCUT2D eigenvalue weighted by molar-refractivity contribution is 5.94. The fraction of sp³-hybridized carbons (Fsp3) is 0.467. The zero-order chi connectivity index (χ0) is 15.2. The molecule has 0 aromatic heterocycles. The first-order valence-electron chi connectivity index (χ1n) is 7.02. The summed E-state index contributed by atoms with van der Waals surface area (Å²) >= 11 is 0. The Morgan fingerprint density at radius 2 is 2.19 bits per heavy atom. The predicted octanol–water partition coefficient (Wildman–Crippen LogP) is 2.45. The average molecular weight is 294 g/mol. The second-order valence-corrected chi connectivity index (χ2v) is 4.98. The highest BCUT2D eigenvalue weighted by atomic mass is 19.1. The summed E-state index contributed by atoms with van der Waals surface area (Å²) < 4.78 is 18.4. The zero-order valence-corrected chi connectivity index (χ0v) is 12.0. The van der Waals surface area contributed by atoms with E-state index in [1.54, 1.807) is 6.07 Å². The van der Waals surface area contributed by atoms with Gasteiger partial charge in [0.2, 0.25) is 5.91 Å². The van der Waals surface area contributed by atoms with Gasteiger partial charge in [0.15, 0.2) is 11.6 Å². The minimum atomic E-state index is -0.477. The van der Waals surface area contributed by atoms with Gasteiger partial charge >= 0.3 is 6.03 Å². The molecule has 0 saturated carbocycles. The molecule has 114 valence electrons. The van der Waals surface area contributed by atoms with Gasteiger partial charge < -0.3 is 10.1 Å². The standard InChI is InChI=1S/C15H19FN2O3/c1-21-13-7-6-11(9-12(13)16)10-17-15(20)18-8-4-2-3-5-14(18)19/h6-7,9H,2-5,8,10H2,1H3,(H,17,20). The lowest BCUT2D eigenvalue weighted by Crippen LogP contribution is -2.43. The average Bonchev–Trinajstić information content (AvgIpc) is 2.69. The summed E-state index contributed by atoms with van der Waals surface area (Å²) in [5.41, 5.74) is 0.615. The monoisotopic (exact) mass is 294 g/mol. The fourth-order valence-corrected chi connectivity index (χ4v) is 2.29. The fourth-order valence-electron chi connectivity index (χ4n) is 2.29. The van der Waals surface area contributed by atoms with E-state index in [1.807, 2.05) is 0 Å². The molecule has 1 aliphatic rings. The van der Waals surface area contributed by atoms with E-state index in [1.165, 1.54) is 24.1 Å². The van der Waals surface area contributed by atoms with Gasteiger partial charge in [-0.05, 0) is 30.5 Å². The van der Waals surface area contributed by atoms with Crippen LogP contribution in [0.5, 0.6) is 5.75 Å². The van der Waals surface area contributed by atoms with Crippen LogP contribution in [-0.4, -0.2) is 30.5 Å². The molecular formula is C15H19FN2O3. The number of urea groups is 1. The van der Waals surface area contributed by atoms with Crippen molar-refractivity contribution in [2.75, 3.05) is 13.7 Å². The van der Waals surface area contributed by atoms with Crippen molar-refractivity contribution in [1.29, 1.82) is 0 Å². The van der Waals surface area contributed by atoms with Crippen LogP contribution in [0.15, 0.2) is 18.2 Å². The van der Waals surface area contributed by atoms with Gasteiger partial charge in [0.05, 0.1) is 7.11 Å². The summed E-state index contributed by atoms with van der Waals surface area (Å²) in [5.74, 6) is -0.464. The van der Waals surface area contributed by atoms with Crippen LogP contribution in [0.4, 0.5) is 9.18 Å². The smallest absolute Gasteiger partial charge is 0.324 e. The Bertz CT molecular complexity index is 534. The van der Waals surface area contributed by atoms with Gasteiger partial charge in [-0.1, -0.05) is 12.5 Å². The first-order valence-corrected chi connectivity index (χ1v) is 7.02. The molecule has 0 radical (unpaired) electrons. The van der Waals surface area contributed by atoms with Crippen molar-refractivity contribution in [3.8, 4) is 5.75 Å². The number of ether oxygens (including phenoxy) is 1. The molecule has 2 rings (SSSR count). The highest BCUT2D eigenvalue weighted by Gasteiger charge is 2.22. The number of carbonyl (C=O) groups excluding carboxylic acids is 2. The third kappa shape index (κ3) is 3.93. The first kappa shape index (κ1) is 15.3.